The number of anilines is 1. The molecule has 0 unspecified atom stereocenters. The van der Waals surface area contributed by atoms with Gasteiger partial charge in [-0.2, -0.15) is 0 Å². The topological polar surface area (TPSA) is 35.5 Å². The summed E-state index contributed by atoms with van der Waals surface area (Å²) in [6.45, 7) is 6.62. The van der Waals surface area contributed by atoms with Crippen LogP contribution >= 0.6 is 27.5 Å². The molecule has 1 aliphatic heterocycles. The minimum atomic E-state index is -0.224. The van der Waals surface area contributed by atoms with Gasteiger partial charge in [0.15, 0.2) is 0 Å². The van der Waals surface area contributed by atoms with Gasteiger partial charge < -0.3 is 15.3 Å². The predicted octanol–water partition coefficient (Wildman–Crippen LogP) is 3.75. The summed E-state index contributed by atoms with van der Waals surface area (Å²) in [5, 5.41) is 14.0. The maximum absolute atomic E-state index is 9.83. The Labute approximate surface area is 134 Å². The number of nitrogens with one attached hydrogen (secondary N) is 1. The van der Waals surface area contributed by atoms with E-state index in [1.54, 1.807) is 0 Å². The maximum atomic E-state index is 9.83. The molecule has 1 heterocycles. The molecule has 0 saturated carbocycles. The van der Waals surface area contributed by atoms with E-state index in [2.05, 4.69) is 40.0 Å². The van der Waals surface area contributed by atoms with Crippen LogP contribution in [-0.4, -0.2) is 41.3 Å². The highest BCUT2D eigenvalue weighted by molar-refractivity contribution is 9.10. The molecule has 1 saturated heterocycles. The third-order valence-electron chi connectivity index (χ3n) is 4.12. The smallest absolute Gasteiger partial charge is 0.0662 e. The van der Waals surface area contributed by atoms with Crippen molar-refractivity contribution >= 4 is 33.2 Å². The highest BCUT2D eigenvalue weighted by atomic mass is 79.9. The molecule has 0 spiro atoms. The lowest BCUT2D eigenvalue weighted by atomic mass is 9.87. The molecule has 0 atom stereocenters. The second-order valence-corrected chi connectivity index (χ2v) is 7.08. The van der Waals surface area contributed by atoms with Crippen molar-refractivity contribution in [3.63, 3.8) is 0 Å². The highest BCUT2D eigenvalue weighted by Crippen LogP contribution is 2.31. The summed E-state index contributed by atoms with van der Waals surface area (Å²) in [7, 11) is 0. The second-order valence-electron chi connectivity index (χ2n) is 5.82. The van der Waals surface area contributed by atoms with Crippen LogP contribution in [0, 0.1) is 0 Å². The van der Waals surface area contributed by atoms with E-state index in [4.69, 9.17) is 11.6 Å². The lowest BCUT2D eigenvalue weighted by Gasteiger charge is -2.43. The summed E-state index contributed by atoms with van der Waals surface area (Å²) in [6.07, 6.45) is 1.89. The van der Waals surface area contributed by atoms with Crippen molar-refractivity contribution in [1.82, 2.24) is 4.90 Å². The number of halogens is 2. The van der Waals surface area contributed by atoms with Gasteiger partial charge in [0, 0.05) is 29.3 Å². The summed E-state index contributed by atoms with van der Waals surface area (Å²) in [4.78, 5) is 2.45. The van der Waals surface area contributed by atoms with Crippen LogP contribution in [0.2, 0.25) is 5.02 Å². The van der Waals surface area contributed by atoms with Gasteiger partial charge in [0.2, 0.25) is 0 Å². The number of likely N-dealkylation sites (tertiary alicyclic amines) is 1. The highest BCUT2D eigenvalue weighted by Gasteiger charge is 2.34. The Kier molecular flexibility index (Phi) is 5.35. The Bertz CT molecular complexity index is 459. The molecular weight excluding hydrogens is 340 g/mol. The van der Waals surface area contributed by atoms with E-state index in [-0.39, 0.29) is 12.1 Å². The fourth-order valence-electron chi connectivity index (χ4n) is 2.67. The Morgan fingerprint density at radius 3 is 2.55 bits per heavy atom. The zero-order chi connectivity index (χ0) is 14.8. The summed E-state index contributed by atoms with van der Waals surface area (Å²) >= 11 is 9.45. The van der Waals surface area contributed by atoms with E-state index in [1.165, 1.54) is 0 Å². The molecule has 0 bridgehead atoms. The summed E-state index contributed by atoms with van der Waals surface area (Å²) in [5.74, 6) is 0. The van der Waals surface area contributed by atoms with Crippen LogP contribution in [0.3, 0.4) is 0 Å². The third-order valence-corrected chi connectivity index (χ3v) is 5.33. The monoisotopic (exact) mass is 360 g/mol. The van der Waals surface area contributed by atoms with Crippen molar-refractivity contribution in [2.75, 3.05) is 25.0 Å². The molecule has 2 rings (SSSR count). The van der Waals surface area contributed by atoms with E-state index < -0.39 is 0 Å². The van der Waals surface area contributed by atoms with Crippen LogP contribution in [0.25, 0.3) is 0 Å². The zero-order valence-corrected chi connectivity index (χ0v) is 14.3. The molecule has 2 N–H and O–H groups in total. The lowest BCUT2D eigenvalue weighted by Crippen LogP contribution is -2.53. The minimum absolute atomic E-state index is 0.152. The predicted molar refractivity (Wildman–Crippen MR) is 88.5 cm³/mol. The molecule has 3 nitrogen and oxygen atoms in total. The van der Waals surface area contributed by atoms with Gasteiger partial charge >= 0.3 is 0 Å². The first-order valence-corrected chi connectivity index (χ1v) is 8.21. The van der Waals surface area contributed by atoms with Crippen LogP contribution in [0.15, 0.2) is 22.7 Å². The number of piperidine rings is 1. The van der Waals surface area contributed by atoms with Gasteiger partial charge in [0.1, 0.15) is 0 Å². The van der Waals surface area contributed by atoms with E-state index in [9.17, 15) is 5.11 Å². The molecule has 1 aliphatic rings. The minimum Gasteiger partial charge on any atom is -0.394 e. The normalized spacial score (nSPS) is 19.3. The van der Waals surface area contributed by atoms with Gasteiger partial charge in [-0.1, -0.05) is 11.6 Å². The molecule has 1 aromatic carbocycles. The quantitative estimate of drug-likeness (QED) is 0.857. The molecule has 112 valence electrons. The largest absolute Gasteiger partial charge is 0.394 e. The van der Waals surface area contributed by atoms with Crippen molar-refractivity contribution in [1.29, 1.82) is 0 Å². The lowest BCUT2D eigenvalue weighted by molar-refractivity contribution is 0.101. The van der Waals surface area contributed by atoms with Gasteiger partial charge in [0.05, 0.1) is 17.2 Å². The van der Waals surface area contributed by atoms with E-state index in [0.29, 0.717) is 11.1 Å². The zero-order valence-electron chi connectivity index (χ0n) is 12.0. The summed E-state index contributed by atoms with van der Waals surface area (Å²) < 4.78 is 0.872. The van der Waals surface area contributed by atoms with Crippen molar-refractivity contribution in [3.05, 3.63) is 27.7 Å². The molecule has 0 aliphatic carbocycles. The molecule has 0 amide bonds. The SMILES string of the molecule is CC(C)N1CCC(CO)(Nc2ccc(Cl)c(Br)c2)CC1. The first-order chi connectivity index (χ1) is 9.46. The standard InChI is InChI=1S/C15H22BrClN2O/c1-11(2)19-7-5-15(10-20,6-8-19)18-12-3-4-14(17)13(16)9-12/h3-4,9,11,18,20H,5-8,10H2,1-2H3. The van der Waals surface area contributed by atoms with Crippen LogP contribution in [0.5, 0.6) is 0 Å². The number of aliphatic hydroxyl groups is 1. The number of rotatable bonds is 4. The Morgan fingerprint density at radius 1 is 1.40 bits per heavy atom. The summed E-state index contributed by atoms with van der Waals surface area (Å²) in [5.41, 5.74) is 0.770. The van der Waals surface area contributed by atoms with Crippen LogP contribution in [0.1, 0.15) is 26.7 Å². The molecule has 0 aromatic heterocycles. The van der Waals surface area contributed by atoms with Gasteiger partial charge in [-0.3, -0.25) is 0 Å². The first-order valence-electron chi connectivity index (χ1n) is 7.04. The average molecular weight is 362 g/mol. The van der Waals surface area contributed by atoms with Crippen LogP contribution in [-0.2, 0) is 0 Å². The molecular formula is C15H22BrClN2O. The van der Waals surface area contributed by atoms with E-state index in [0.717, 1.165) is 36.1 Å². The molecule has 1 fully saturated rings. The number of hydrogen-bond donors (Lipinski definition) is 2. The molecule has 5 heteroatoms. The van der Waals surface area contributed by atoms with Crippen molar-refractivity contribution in [2.24, 2.45) is 0 Å². The van der Waals surface area contributed by atoms with Gasteiger partial charge in [-0.05, 0) is 60.8 Å². The van der Waals surface area contributed by atoms with Crippen molar-refractivity contribution in [2.45, 2.75) is 38.3 Å². The maximum Gasteiger partial charge on any atom is 0.0662 e. The van der Waals surface area contributed by atoms with Crippen LogP contribution in [0.4, 0.5) is 5.69 Å². The van der Waals surface area contributed by atoms with Crippen molar-refractivity contribution < 1.29 is 5.11 Å². The van der Waals surface area contributed by atoms with E-state index in [1.807, 2.05) is 18.2 Å². The fraction of sp³-hybridized carbons (Fsp3) is 0.600. The van der Waals surface area contributed by atoms with E-state index >= 15 is 0 Å². The third kappa shape index (κ3) is 3.67. The number of aliphatic hydroxyl groups excluding tert-OH is 1. The average Bonchev–Trinajstić information content (AvgIpc) is 2.43. The Morgan fingerprint density at radius 2 is 2.05 bits per heavy atom. The number of benzene rings is 1. The number of nitrogens with zero attached hydrogens (tertiary/aromatic N) is 1. The fourth-order valence-corrected chi connectivity index (χ4v) is 3.17. The first kappa shape index (κ1) is 16.1. The Hall–Kier alpha value is -0.290. The van der Waals surface area contributed by atoms with Gasteiger partial charge in [-0.25, -0.2) is 0 Å². The van der Waals surface area contributed by atoms with Gasteiger partial charge in [0.25, 0.3) is 0 Å². The van der Waals surface area contributed by atoms with Gasteiger partial charge in [-0.15, -0.1) is 0 Å². The molecule has 1 aromatic rings. The van der Waals surface area contributed by atoms with Crippen molar-refractivity contribution in [3.8, 4) is 0 Å². The Balaban J connectivity index is 2.07. The second kappa shape index (κ2) is 6.65. The molecule has 20 heavy (non-hydrogen) atoms. The van der Waals surface area contributed by atoms with Crippen LogP contribution < -0.4 is 5.32 Å². The molecule has 0 radical (unpaired) electrons. The summed E-state index contributed by atoms with van der Waals surface area (Å²) in [6, 6.07) is 6.35. The number of hydrogen-bond acceptors (Lipinski definition) is 3.